The lowest BCUT2D eigenvalue weighted by Crippen LogP contribution is -2.61. The molecule has 1 saturated heterocycles. The first-order chi connectivity index (χ1) is 58.2. The van der Waals surface area contributed by atoms with E-state index in [2.05, 4.69) is 84.4 Å². The van der Waals surface area contributed by atoms with Gasteiger partial charge in [0.05, 0.1) is 31.7 Å². The SMILES string of the molecule is CCCC[C@@H]1NC(=O)[C@H](Cc2c[nH]c3ccccc23)NC(=O)[C@H](CC(=O)O)NC(=O)[C@H](CCCCN)NC(=O)CNC(=O)[C@H](CO)NC(=O)[C@@H]([C@@H](C)CC)NC(=O)[C@H](Cc2ccc3ccccc3c2)NC(=O)[C@H](CC(N)=O)NC(=O)CSC[C@@H](C(N)=O)NC(=O)[C@H](C(C)C)NC(=O)[C@H](Cc2c[nH]c3ccccc23)NC(=O)[C@@H](CCCNC(=N)N)NC1=O. The molecule has 7 rings (SSSR count). The number of rotatable bonds is 26. The van der Waals surface area contributed by atoms with Crippen molar-refractivity contribution in [2.24, 2.45) is 34.8 Å². The normalized spacial score (nSPS) is 23.0. The van der Waals surface area contributed by atoms with E-state index in [0.717, 1.165) is 22.5 Å². The highest BCUT2D eigenvalue weighted by Gasteiger charge is 2.39. The van der Waals surface area contributed by atoms with Crippen molar-refractivity contribution in [1.29, 1.82) is 5.41 Å². The Hall–Kier alpha value is -12.7. The molecular formula is C82H113N21O18S. The second-order valence-electron chi connectivity index (χ2n) is 30.3. The number of carbonyl (C=O) groups is 16. The van der Waals surface area contributed by atoms with Gasteiger partial charge in [-0.2, -0.15) is 0 Å². The van der Waals surface area contributed by atoms with Crippen LogP contribution in [0.1, 0.15) is 122 Å². The monoisotopic (exact) mass is 1710 g/mol. The van der Waals surface area contributed by atoms with Crippen molar-refractivity contribution in [2.75, 3.05) is 37.7 Å². The van der Waals surface area contributed by atoms with Crippen molar-refractivity contribution in [3.05, 3.63) is 120 Å². The van der Waals surface area contributed by atoms with Gasteiger partial charge in [-0.3, -0.25) is 82.1 Å². The molecule has 1 fully saturated rings. The van der Waals surface area contributed by atoms with Crippen molar-refractivity contribution in [3.63, 3.8) is 0 Å². The van der Waals surface area contributed by atoms with E-state index in [1.54, 1.807) is 126 Å². The zero-order valence-corrected chi connectivity index (χ0v) is 69.5. The Morgan fingerprint density at radius 3 is 1.50 bits per heavy atom. The molecule has 2 aromatic heterocycles. The van der Waals surface area contributed by atoms with Crippen LogP contribution in [0.5, 0.6) is 0 Å². The number of nitrogens with two attached hydrogens (primary N) is 4. The van der Waals surface area contributed by atoms with Crippen LogP contribution in [0.25, 0.3) is 32.6 Å². The maximum atomic E-state index is 15.2. The quantitative estimate of drug-likeness (QED) is 0.0153. The molecule has 0 spiro atoms. The number of aromatic amines is 2. The number of aromatic nitrogens is 2. The van der Waals surface area contributed by atoms with Gasteiger partial charge in [-0.15, -0.1) is 11.8 Å². The number of amides is 15. The summed E-state index contributed by atoms with van der Waals surface area (Å²) in [7, 11) is 0. The summed E-state index contributed by atoms with van der Waals surface area (Å²) in [6.07, 6.45) is 1.41. The molecule has 0 radical (unpaired) electrons. The van der Waals surface area contributed by atoms with Crippen LogP contribution < -0.4 is 97.4 Å². The highest BCUT2D eigenvalue weighted by Crippen LogP contribution is 2.24. The third kappa shape index (κ3) is 29.6. The predicted octanol–water partition coefficient (Wildman–Crippen LogP) is -2.38. The number of guanidine groups is 1. The number of nitrogens with one attached hydrogen (secondary N) is 17. The summed E-state index contributed by atoms with van der Waals surface area (Å²) in [4.78, 5) is 235. The number of hydrogen-bond acceptors (Lipinski definition) is 20. The van der Waals surface area contributed by atoms with E-state index in [9.17, 15) is 67.7 Å². The number of para-hydroxylation sites is 2. The van der Waals surface area contributed by atoms with E-state index in [4.69, 9.17) is 28.3 Å². The lowest BCUT2D eigenvalue weighted by molar-refractivity contribution is -0.141. The number of benzene rings is 4. The summed E-state index contributed by atoms with van der Waals surface area (Å²) >= 11 is 0.750. The Morgan fingerprint density at radius 1 is 0.500 bits per heavy atom. The van der Waals surface area contributed by atoms with Gasteiger partial charge < -0.3 is 118 Å². The third-order valence-electron chi connectivity index (χ3n) is 20.6. The number of H-pyrrole nitrogens is 2. The Kier molecular flexibility index (Phi) is 37.9. The molecule has 40 heteroatoms. The number of hydrogen-bond donors (Lipinski definition) is 23. The summed E-state index contributed by atoms with van der Waals surface area (Å²) in [5, 5.41) is 67.3. The lowest BCUT2D eigenvalue weighted by Gasteiger charge is -2.29. The first-order valence-corrected chi connectivity index (χ1v) is 41.6. The molecule has 27 N–H and O–H groups in total. The summed E-state index contributed by atoms with van der Waals surface area (Å²) in [5.74, 6) is -19.9. The zero-order valence-electron chi connectivity index (χ0n) is 68.7. The zero-order chi connectivity index (χ0) is 89.3. The average Bonchev–Trinajstić information content (AvgIpc) is 1.66. The number of thioether (sulfide) groups is 1. The number of carboxylic acid groups (broad SMARTS) is 1. The molecule has 0 saturated carbocycles. The van der Waals surface area contributed by atoms with Crippen LogP contribution in [-0.2, 0) is 96.0 Å². The van der Waals surface area contributed by atoms with Gasteiger partial charge >= 0.3 is 5.97 Å². The summed E-state index contributed by atoms with van der Waals surface area (Å²) < 4.78 is 0. The molecule has 0 aliphatic carbocycles. The molecule has 1 aliphatic heterocycles. The topological polar surface area (TPSA) is 642 Å². The summed E-state index contributed by atoms with van der Waals surface area (Å²) in [6, 6.07) is 6.80. The average molecular weight is 1710 g/mol. The molecule has 1 aliphatic rings. The molecule has 0 unspecified atom stereocenters. The van der Waals surface area contributed by atoms with Gasteiger partial charge in [-0.05, 0) is 96.5 Å². The van der Waals surface area contributed by atoms with E-state index < -0.39 is 222 Å². The van der Waals surface area contributed by atoms with E-state index in [0.29, 0.717) is 51.3 Å². The molecule has 122 heavy (non-hydrogen) atoms. The summed E-state index contributed by atoms with van der Waals surface area (Å²) in [5.41, 5.74) is 25.6. The number of fused-ring (bicyclic) bond motifs is 3. The van der Waals surface area contributed by atoms with Crippen molar-refractivity contribution in [2.45, 2.75) is 197 Å². The van der Waals surface area contributed by atoms with Crippen LogP contribution in [-0.4, -0.2) is 231 Å². The van der Waals surface area contributed by atoms with Crippen LogP contribution in [0.15, 0.2) is 103 Å². The minimum absolute atomic E-state index is 0.00311. The molecule has 4 aromatic carbocycles. The van der Waals surface area contributed by atoms with E-state index in [1.165, 1.54) is 0 Å². The van der Waals surface area contributed by atoms with Crippen molar-refractivity contribution in [1.82, 2.24) is 84.4 Å². The number of carbonyl (C=O) groups excluding carboxylic acids is 15. The molecule has 0 bridgehead atoms. The maximum Gasteiger partial charge on any atom is 0.305 e. The van der Waals surface area contributed by atoms with Gasteiger partial charge in [0.1, 0.15) is 72.5 Å². The first-order valence-electron chi connectivity index (χ1n) is 40.4. The second kappa shape index (κ2) is 47.9. The van der Waals surface area contributed by atoms with Crippen LogP contribution in [0.2, 0.25) is 0 Å². The molecule has 15 amide bonds. The van der Waals surface area contributed by atoms with Crippen molar-refractivity contribution in [3.8, 4) is 0 Å². The van der Waals surface area contributed by atoms with Crippen LogP contribution in [0.3, 0.4) is 0 Å². The van der Waals surface area contributed by atoms with E-state index in [1.807, 2.05) is 12.1 Å². The highest BCUT2D eigenvalue weighted by atomic mass is 32.2. The Balaban J connectivity index is 1.28. The Labute approximate surface area is 707 Å². The van der Waals surface area contributed by atoms with Gasteiger partial charge in [0.2, 0.25) is 88.6 Å². The van der Waals surface area contributed by atoms with Gasteiger partial charge in [-0.1, -0.05) is 133 Å². The van der Waals surface area contributed by atoms with Crippen molar-refractivity contribution >= 4 is 145 Å². The van der Waals surface area contributed by atoms with Crippen LogP contribution in [0, 0.1) is 17.2 Å². The minimum atomic E-state index is -1.99. The van der Waals surface area contributed by atoms with E-state index in [-0.39, 0.29) is 77.3 Å². The van der Waals surface area contributed by atoms with Crippen LogP contribution in [0.4, 0.5) is 0 Å². The molecule has 6 aromatic rings. The lowest BCUT2D eigenvalue weighted by atomic mass is 9.96. The van der Waals surface area contributed by atoms with Gasteiger partial charge in [-0.25, -0.2) is 0 Å². The number of carboxylic acids is 1. The smallest absolute Gasteiger partial charge is 0.305 e. The van der Waals surface area contributed by atoms with Crippen LogP contribution >= 0.6 is 11.8 Å². The fourth-order valence-electron chi connectivity index (χ4n) is 13.6. The fourth-order valence-corrected chi connectivity index (χ4v) is 14.5. The number of primary amides is 2. The molecule has 660 valence electrons. The molecular weight excluding hydrogens is 1600 g/mol. The standard InChI is InChI=1S/C82H113N21O18S/c1-6-8-22-55-73(113)94-56(26-17-30-88-82(86)87)74(114)97-59(34-49-38-90-53-24-14-12-21-51(49)53)79(119)102-68(43(3)4)80(120)101-63(70(85)110)41-122-42-66(107)93-60(35-64(84)105)76(116)96-57(32-45-27-28-46-18-9-10-19-47(46)31-45)78(118)103-69(44(5)7-2)81(121)100-62(40-104)71(111)91-39-65(106)92-54(25-15-16-29-83)72(112)99-61(36-67(108)109)77(117)98-58(75(115)95-55)33-48-37-89-52-23-13-11-20-50(48)52/h9-14,18-21,23-24,27-28,31,37-38,43-44,54-63,68-69,89-90,104H,6-8,15-17,22,25-26,29-30,32-36,39-42,83H2,1-5H3,(H2,84,105)(H2,85,110)(H,91,111)(H,92,106)(H,93,107)(H,94,113)(H,95,115)(H,96,116)(H,97,114)(H,98,117)(H,99,112)(H,100,121)(H,101,120)(H,102,119)(H,103,118)(H,108,109)(H4,86,87,88)/t44-,54-,55-,56+,57-,58-,59-,60-,61-,62-,63-,68-,69+/m0/s1. The largest absolute Gasteiger partial charge is 0.481 e. The number of aliphatic carboxylic acids is 1. The molecule has 39 nitrogen and oxygen atoms in total. The first kappa shape index (κ1) is 96.4. The Bertz CT molecular complexity index is 4730. The van der Waals surface area contributed by atoms with Gasteiger partial charge in [0.25, 0.3) is 0 Å². The van der Waals surface area contributed by atoms with Crippen molar-refractivity contribution < 1.29 is 86.9 Å². The molecule has 3 heterocycles. The number of aliphatic hydroxyl groups is 1. The number of unbranched alkanes of at least 4 members (excludes halogenated alkanes) is 2. The maximum absolute atomic E-state index is 15.2. The van der Waals surface area contributed by atoms with E-state index >= 15 is 19.2 Å². The molecule has 13 atom stereocenters. The predicted molar refractivity (Wildman–Crippen MR) is 453 cm³/mol. The number of aliphatic hydroxyl groups excluding tert-OH is 1. The van der Waals surface area contributed by atoms with Gasteiger partial charge in [0, 0.05) is 65.8 Å². The van der Waals surface area contributed by atoms with Gasteiger partial charge in [0.15, 0.2) is 5.96 Å². The third-order valence-corrected chi connectivity index (χ3v) is 21.6. The summed E-state index contributed by atoms with van der Waals surface area (Å²) in [6.45, 7) is 6.32. The Morgan fingerprint density at radius 2 is 0.967 bits per heavy atom. The highest BCUT2D eigenvalue weighted by molar-refractivity contribution is 8.00. The second-order valence-corrected chi connectivity index (χ2v) is 31.4. The fraction of sp³-hybridized carbons (Fsp3) is 0.476. The minimum Gasteiger partial charge on any atom is -0.481 e.